The van der Waals surface area contributed by atoms with E-state index in [-0.39, 0.29) is 0 Å². The first kappa shape index (κ1) is 19.4. The van der Waals surface area contributed by atoms with Crippen LogP contribution in [-0.4, -0.2) is 12.1 Å². The molecule has 2 aromatic carbocycles. The highest BCUT2D eigenvalue weighted by atomic mass is 79.9. The quantitative estimate of drug-likeness (QED) is 0.548. The maximum atomic E-state index is 6.02. The van der Waals surface area contributed by atoms with E-state index in [1.54, 1.807) is 13.3 Å². The third-order valence-electron chi connectivity index (χ3n) is 4.32. The first-order chi connectivity index (χ1) is 13.2. The Hall–Kier alpha value is -2.37. The molecule has 5 heteroatoms. The molecular formula is C22H23BrN2O2. The second-order valence-corrected chi connectivity index (χ2v) is 7.09. The molecule has 0 amide bonds. The third kappa shape index (κ3) is 5.31. The molecule has 27 heavy (non-hydrogen) atoms. The normalized spacial score (nSPS) is 10.6. The lowest BCUT2D eigenvalue weighted by atomic mass is 10.1. The van der Waals surface area contributed by atoms with Gasteiger partial charge in [0.1, 0.15) is 6.61 Å². The fourth-order valence-electron chi connectivity index (χ4n) is 2.74. The van der Waals surface area contributed by atoms with Gasteiger partial charge in [-0.25, -0.2) is 0 Å². The van der Waals surface area contributed by atoms with E-state index in [1.807, 2.05) is 42.5 Å². The molecule has 0 saturated carbocycles. The molecule has 0 atom stereocenters. The summed E-state index contributed by atoms with van der Waals surface area (Å²) in [6, 6.07) is 18.1. The maximum Gasteiger partial charge on any atom is 0.162 e. The molecule has 0 aliphatic carbocycles. The Morgan fingerprint density at radius 3 is 2.52 bits per heavy atom. The lowest BCUT2D eigenvalue weighted by Crippen LogP contribution is -2.14. The first-order valence-corrected chi connectivity index (χ1v) is 9.61. The zero-order valence-electron chi connectivity index (χ0n) is 15.5. The van der Waals surface area contributed by atoms with Crippen LogP contribution in [-0.2, 0) is 19.7 Å². The Morgan fingerprint density at radius 1 is 0.963 bits per heavy atom. The largest absolute Gasteiger partial charge is 0.493 e. The van der Waals surface area contributed by atoms with Crippen molar-refractivity contribution in [1.29, 1.82) is 0 Å². The lowest BCUT2D eigenvalue weighted by molar-refractivity contribution is 0.283. The van der Waals surface area contributed by atoms with Crippen molar-refractivity contribution in [3.63, 3.8) is 0 Å². The summed E-state index contributed by atoms with van der Waals surface area (Å²) in [6.45, 7) is 4.00. The zero-order chi connectivity index (χ0) is 19.1. The van der Waals surface area contributed by atoms with E-state index in [9.17, 15) is 0 Å². The number of ether oxygens (including phenoxy) is 2. The summed E-state index contributed by atoms with van der Waals surface area (Å²) in [4.78, 5) is 4.32. The first-order valence-electron chi connectivity index (χ1n) is 8.81. The molecule has 1 N–H and O–H groups in total. The second-order valence-electron chi connectivity index (χ2n) is 6.23. The van der Waals surface area contributed by atoms with Gasteiger partial charge < -0.3 is 14.8 Å². The molecule has 0 saturated heterocycles. The molecule has 0 bridgehead atoms. The summed E-state index contributed by atoms with van der Waals surface area (Å²) in [5.41, 5.74) is 4.49. The van der Waals surface area contributed by atoms with Crippen LogP contribution in [0, 0.1) is 6.92 Å². The minimum atomic E-state index is 0.507. The number of hydrogen-bond donors (Lipinski definition) is 1. The highest BCUT2D eigenvalue weighted by Gasteiger charge is 2.11. The molecule has 0 spiro atoms. The predicted octanol–water partition coefficient (Wildman–Crippen LogP) is 5.03. The maximum absolute atomic E-state index is 6.02. The number of methoxy groups -OCH3 is 1. The van der Waals surface area contributed by atoms with Crippen molar-refractivity contribution in [2.75, 3.05) is 7.11 Å². The van der Waals surface area contributed by atoms with E-state index in [0.717, 1.165) is 32.8 Å². The summed E-state index contributed by atoms with van der Waals surface area (Å²) in [5.74, 6) is 1.45. The van der Waals surface area contributed by atoms with Gasteiger partial charge in [-0.2, -0.15) is 0 Å². The number of aryl methyl sites for hydroxylation is 1. The number of pyridine rings is 1. The van der Waals surface area contributed by atoms with Gasteiger partial charge in [-0.15, -0.1) is 0 Å². The van der Waals surface area contributed by atoms with E-state index in [0.29, 0.717) is 19.7 Å². The zero-order valence-corrected chi connectivity index (χ0v) is 17.1. The monoisotopic (exact) mass is 426 g/mol. The Balaban J connectivity index is 1.66. The van der Waals surface area contributed by atoms with Crippen molar-refractivity contribution in [3.05, 3.63) is 87.7 Å². The smallest absolute Gasteiger partial charge is 0.162 e. The SMILES string of the molecule is COc1cc(CNCc2ccccn2)c(Br)cc1OCc1ccccc1C. The van der Waals surface area contributed by atoms with Crippen molar-refractivity contribution < 1.29 is 9.47 Å². The van der Waals surface area contributed by atoms with Crippen LogP contribution < -0.4 is 14.8 Å². The van der Waals surface area contributed by atoms with E-state index in [2.05, 4.69) is 45.3 Å². The predicted molar refractivity (Wildman–Crippen MR) is 111 cm³/mol. The number of halogens is 1. The average molecular weight is 427 g/mol. The molecule has 1 heterocycles. The van der Waals surface area contributed by atoms with Gasteiger partial charge in [-0.05, 0) is 47.9 Å². The number of nitrogens with one attached hydrogen (secondary N) is 1. The van der Waals surface area contributed by atoms with Crippen molar-refractivity contribution >= 4 is 15.9 Å². The number of nitrogens with zero attached hydrogens (tertiary/aromatic N) is 1. The van der Waals surface area contributed by atoms with Crippen molar-refractivity contribution in [2.24, 2.45) is 0 Å². The molecule has 0 aliphatic rings. The van der Waals surface area contributed by atoms with E-state index >= 15 is 0 Å². The number of aromatic nitrogens is 1. The van der Waals surface area contributed by atoms with Crippen LogP contribution in [0.3, 0.4) is 0 Å². The van der Waals surface area contributed by atoms with Gasteiger partial charge in [0.05, 0.1) is 12.8 Å². The minimum Gasteiger partial charge on any atom is -0.493 e. The molecule has 0 fully saturated rings. The summed E-state index contributed by atoms with van der Waals surface area (Å²) in [7, 11) is 1.66. The van der Waals surface area contributed by atoms with Crippen LogP contribution in [0.15, 0.2) is 65.3 Å². The van der Waals surface area contributed by atoms with E-state index < -0.39 is 0 Å². The molecule has 3 rings (SSSR count). The van der Waals surface area contributed by atoms with E-state index in [4.69, 9.17) is 9.47 Å². The highest BCUT2D eigenvalue weighted by molar-refractivity contribution is 9.10. The van der Waals surface area contributed by atoms with Gasteiger partial charge in [0.25, 0.3) is 0 Å². The fourth-order valence-corrected chi connectivity index (χ4v) is 3.20. The van der Waals surface area contributed by atoms with Gasteiger partial charge in [0.15, 0.2) is 11.5 Å². The lowest BCUT2D eigenvalue weighted by Gasteiger charge is -2.15. The number of rotatable bonds is 8. The standard InChI is InChI=1S/C22H23BrN2O2/c1-16-7-3-4-8-17(16)15-27-22-12-20(23)18(11-21(22)26-2)13-24-14-19-9-5-6-10-25-19/h3-12,24H,13-15H2,1-2H3. The Morgan fingerprint density at radius 2 is 1.78 bits per heavy atom. The molecule has 4 nitrogen and oxygen atoms in total. The summed E-state index contributed by atoms with van der Waals surface area (Å²) >= 11 is 3.65. The summed E-state index contributed by atoms with van der Waals surface area (Å²) < 4.78 is 12.5. The summed E-state index contributed by atoms with van der Waals surface area (Å²) in [6.07, 6.45) is 1.80. The fraction of sp³-hybridized carbons (Fsp3) is 0.227. The van der Waals surface area contributed by atoms with Crippen molar-refractivity contribution in [1.82, 2.24) is 10.3 Å². The molecular weight excluding hydrogens is 404 g/mol. The van der Waals surface area contributed by atoms with Gasteiger partial charge in [0.2, 0.25) is 0 Å². The van der Waals surface area contributed by atoms with Crippen LogP contribution in [0.25, 0.3) is 0 Å². The Kier molecular flexibility index (Phi) is 6.85. The molecule has 0 unspecified atom stereocenters. The minimum absolute atomic E-state index is 0.507. The summed E-state index contributed by atoms with van der Waals surface area (Å²) in [5, 5.41) is 3.41. The number of hydrogen-bond acceptors (Lipinski definition) is 4. The Labute approximate surface area is 168 Å². The molecule has 140 valence electrons. The van der Waals surface area contributed by atoms with Gasteiger partial charge in [-0.3, -0.25) is 4.98 Å². The molecule has 0 aliphatic heterocycles. The molecule has 0 radical (unpaired) electrons. The van der Waals surface area contributed by atoms with Crippen LogP contribution in [0.4, 0.5) is 0 Å². The Bertz CT molecular complexity index is 885. The topological polar surface area (TPSA) is 43.4 Å². The number of benzene rings is 2. The third-order valence-corrected chi connectivity index (χ3v) is 5.06. The van der Waals surface area contributed by atoms with Crippen LogP contribution in [0.5, 0.6) is 11.5 Å². The van der Waals surface area contributed by atoms with Crippen LogP contribution >= 0.6 is 15.9 Å². The van der Waals surface area contributed by atoms with Crippen LogP contribution in [0.1, 0.15) is 22.4 Å². The van der Waals surface area contributed by atoms with Gasteiger partial charge >= 0.3 is 0 Å². The van der Waals surface area contributed by atoms with Gasteiger partial charge in [-0.1, -0.05) is 46.3 Å². The molecule has 3 aromatic rings. The van der Waals surface area contributed by atoms with Crippen molar-refractivity contribution in [2.45, 2.75) is 26.6 Å². The van der Waals surface area contributed by atoms with Gasteiger partial charge in [0, 0.05) is 23.8 Å². The second kappa shape index (κ2) is 9.53. The molecule has 1 aromatic heterocycles. The highest BCUT2D eigenvalue weighted by Crippen LogP contribution is 2.34. The van der Waals surface area contributed by atoms with Crippen LogP contribution in [0.2, 0.25) is 0 Å². The average Bonchev–Trinajstić information content (AvgIpc) is 2.69. The van der Waals surface area contributed by atoms with Crippen molar-refractivity contribution in [3.8, 4) is 11.5 Å². The van der Waals surface area contributed by atoms with E-state index in [1.165, 1.54) is 5.56 Å².